The van der Waals surface area contributed by atoms with Gasteiger partial charge in [0.05, 0.1) is 5.92 Å². The van der Waals surface area contributed by atoms with Gasteiger partial charge in [0.25, 0.3) is 0 Å². The molecule has 1 aromatic carbocycles. The van der Waals surface area contributed by atoms with E-state index in [-0.39, 0.29) is 30.1 Å². The highest BCUT2D eigenvalue weighted by Crippen LogP contribution is 2.26. The van der Waals surface area contributed by atoms with E-state index in [1.165, 1.54) is 6.92 Å². The zero-order valence-electron chi connectivity index (χ0n) is 16.1. The van der Waals surface area contributed by atoms with E-state index in [0.717, 1.165) is 31.6 Å². The first-order valence-corrected chi connectivity index (χ1v) is 9.54. The van der Waals surface area contributed by atoms with E-state index in [9.17, 15) is 14.4 Å². The molecule has 2 N–H and O–H groups in total. The number of hydrogen-bond acceptors (Lipinski definition) is 4. The molecule has 148 valence electrons. The van der Waals surface area contributed by atoms with Crippen LogP contribution >= 0.6 is 0 Å². The Morgan fingerprint density at radius 1 is 1.19 bits per heavy atom. The molecule has 0 aliphatic carbocycles. The topological polar surface area (TPSA) is 87.7 Å². The Bertz CT molecular complexity index is 645. The minimum Gasteiger partial charge on any atom is -0.381 e. The Kier molecular flexibility index (Phi) is 8.26. The number of amides is 3. The lowest BCUT2D eigenvalue weighted by Gasteiger charge is -2.17. The van der Waals surface area contributed by atoms with E-state index in [1.807, 2.05) is 0 Å². The number of hydrogen-bond donors (Lipinski definition) is 2. The molecule has 7 nitrogen and oxygen atoms in total. The van der Waals surface area contributed by atoms with Crippen LogP contribution in [0.5, 0.6) is 0 Å². The van der Waals surface area contributed by atoms with Gasteiger partial charge in [0.1, 0.15) is 0 Å². The molecule has 1 aliphatic heterocycles. The van der Waals surface area contributed by atoms with Gasteiger partial charge in [0, 0.05) is 51.0 Å². The summed E-state index contributed by atoms with van der Waals surface area (Å²) in [4.78, 5) is 37.3. The third-order valence-electron chi connectivity index (χ3n) is 4.40. The Morgan fingerprint density at radius 2 is 1.89 bits per heavy atom. The molecule has 0 radical (unpaired) electrons. The number of nitrogens with one attached hydrogen (secondary N) is 2. The molecule has 3 amide bonds. The fraction of sp³-hybridized carbons (Fsp3) is 0.550. The second-order valence-electron chi connectivity index (χ2n) is 6.74. The number of ether oxygens (including phenoxy) is 1. The summed E-state index contributed by atoms with van der Waals surface area (Å²) >= 11 is 0. The monoisotopic (exact) mass is 375 g/mol. The number of benzene rings is 1. The molecule has 2 rings (SSSR count). The van der Waals surface area contributed by atoms with Crippen molar-refractivity contribution in [2.45, 2.75) is 39.5 Å². The van der Waals surface area contributed by atoms with E-state index >= 15 is 0 Å². The maximum absolute atomic E-state index is 12.3. The number of unbranched alkanes of at least 4 members (excludes halogenated alkanes) is 1. The predicted molar refractivity (Wildman–Crippen MR) is 105 cm³/mol. The first-order chi connectivity index (χ1) is 13.0. The van der Waals surface area contributed by atoms with Crippen LogP contribution in [0, 0.1) is 5.92 Å². The average molecular weight is 375 g/mol. The van der Waals surface area contributed by atoms with Crippen molar-refractivity contribution < 1.29 is 19.1 Å². The summed E-state index contributed by atoms with van der Waals surface area (Å²) in [5, 5.41) is 5.58. The van der Waals surface area contributed by atoms with E-state index in [0.29, 0.717) is 25.4 Å². The van der Waals surface area contributed by atoms with E-state index in [2.05, 4.69) is 17.6 Å². The second-order valence-corrected chi connectivity index (χ2v) is 6.74. The highest BCUT2D eigenvalue weighted by Gasteiger charge is 2.34. The second kappa shape index (κ2) is 10.7. The molecule has 1 atom stereocenters. The van der Waals surface area contributed by atoms with Crippen LogP contribution in [0.15, 0.2) is 24.3 Å². The van der Waals surface area contributed by atoms with Crippen LogP contribution in [-0.4, -0.2) is 44.0 Å². The van der Waals surface area contributed by atoms with Crippen LogP contribution in [0.25, 0.3) is 0 Å². The Balaban J connectivity index is 1.77. The maximum atomic E-state index is 12.3. The molecule has 7 heteroatoms. The summed E-state index contributed by atoms with van der Waals surface area (Å²) in [7, 11) is 0. The van der Waals surface area contributed by atoms with Gasteiger partial charge in [-0.25, -0.2) is 0 Å². The molecular formula is C20H29N3O4. The van der Waals surface area contributed by atoms with Crippen molar-refractivity contribution in [1.29, 1.82) is 0 Å². The molecule has 1 unspecified atom stereocenters. The number of anilines is 2. The van der Waals surface area contributed by atoms with Gasteiger partial charge in [-0.15, -0.1) is 0 Å². The van der Waals surface area contributed by atoms with E-state index in [4.69, 9.17) is 4.74 Å². The molecule has 0 saturated carbocycles. The van der Waals surface area contributed by atoms with Crippen molar-refractivity contribution in [3.8, 4) is 0 Å². The number of carbonyl (C=O) groups is 3. The molecule has 27 heavy (non-hydrogen) atoms. The standard InChI is InChI=1S/C20H29N3O4/c1-3-4-11-27-12-5-10-21-20(26)16-13-19(25)23(14-16)18-8-6-17(7-9-18)22-15(2)24/h6-9,16H,3-5,10-14H2,1-2H3,(H,21,26)(H,22,24). The largest absolute Gasteiger partial charge is 0.381 e. The molecule has 1 aromatic rings. The zero-order valence-corrected chi connectivity index (χ0v) is 16.1. The highest BCUT2D eigenvalue weighted by atomic mass is 16.5. The number of nitrogens with zero attached hydrogens (tertiary/aromatic N) is 1. The van der Waals surface area contributed by atoms with Crippen LogP contribution in [0.1, 0.15) is 39.5 Å². The Hall–Kier alpha value is -2.41. The highest BCUT2D eigenvalue weighted by molar-refractivity contribution is 6.00. The van der Waals surface area contributed by atoms with Gasteiger partial charge in [0.15, 0.2) is 0 Å². The molecule has 1 saturated heterocycles. The fourth-order valence-electron chi connectivity index (χ4n) is 2.94. The van der Waals surface area contributed by atoms with Crippen molar-refractivity contribution in [3.05, 3.63) is 24.3 Å². The molecule has 0 spiro atoms. The van der Waals surface area contributed by atoms with Gasteiger partial charge in [-0.1, -0.05) is 13.3 Å². The van der Waals surface area contributed by atoms with E-state index in [1.54, 1.807) is 29.2 Å². The SMILES string of the molecule is CCCCOCCCNC(=O)C1CC(=O)N(c2ccc(NC(C)=O)cc2)C1. The van der Waals surface area contributed by atoms with Gasteiger partial charge in [-0.3, -0.25) is 14.4 Å². The van der Waals surface area contributed by atoms with Crippen molar-refractivity contribution in [1.82, 2.24) is 5.32 Å². The van der Waals surface area contributed by atoms with Crippen molar-refractivity contribution >= 4 is 29.1 Å². The van der Waals surface area contributed by atoms with Crippen LogP contribution in [-0.2, 0) is 19.1 Å². The number of rotatable bonds is 10. The lowest BCUT2D eigenvalue weighted by Crippen LogP contribution is -2.33. The zero-order chi connectivity index (χ0) is 19.6. The first kappa shape index (κ1) is 20.9. The lowest BCUT2D eigenvalue weighted by molar-refractivity contribution is -0.126. The Morgan fingerprint density at radius 3 is 2.56 bits per heavy atom. The van der Waals surface area contributed by atoms with Gasteiger partial charge in [-0.05, 0) is 37.1 Å². The maximum Gasteiger partial charge on any atom is 0.227 e. The third kappa shape index (κ3) is 6.67. The van der Waals surface area contributed by atoms with E-state index < -0.39 is 0 Å². The van der Waals surface area contributed by atoms with Crippen molar-refractivity contribution in [3.63, 3.8) is 0 Å². The summed E-state index contributed by atoms with van der Waals surface area (Å²) in [6.45, 7) is 5.89. The minimum absolute atomic E-state index is 0.0645. The van der Waals surface area contributed by atoms with Crippen LogP contribution in [0.4, 0.5) is 11.4 Å². The summed E-state index contributed by atoms with van der Waals surface area (Å²) in [5.74, 6) is -0.638. The normalized spacial score (nSPS) is 16.4. The lowest BCUT2D eigenvalue weighted by atomic mass is 10.1. The summed E-state index contributed by atoms with van der Waals surface area (Å²) in [6.07, 6.45) is 3.15. The molecular weight excluding hydrogens is 346 g/mol. The van der Waals surface area contributed by atoms with Gasteiger partial charge in [-0.2, -0.15) is 0 Å². The van der Waals surface area contributed by atoms with Crippen LogP contribution in [0.2, 0.25) is 0 Å². The summed E-state index contributed by atoms with van der Waals surface area (Å²) in [5.41, 5.74) is 1.40. The number of carbonyl (C=O) groups excluding carboxylic acids is 3. The molecule has 1 fully saturated rings. The van der Waals surface area contributed by atoms with Crippen LogP contribution < -0.4 is 15.5 Å². The van der Waals surface area contributed by atoms with Crippen LogP contribution in [0.3, 0.4) is 0 Å². The molecule has 0 bridgehead atoms. The minimum atomic E-state index is -0.339. The Labute approximate surface area is 160 Å². The summed E-state index contributed by atoms with van der Waals surface area (Å²) < 4.78 is 5.47. The molecule has 1 aliphatic rings. The predicted octanol–water partition coefficient (Wildman–Crippen LogP) is 2.32. The van der Waals surface area contributed by atoms with Crippen molar-refractivity contribution in [2.24, 2.45) is 5.92 Å². The smallest absolute Gasteiger partial charge is 0.227 e. The van der Waals surface area contributed by atoms with Gasteiger partial charge in [0.2, 0.25) is 17.7 Å². The third-order valence-corrected chi connectivity index (χ3v) is 4.40. The first-order valence-electron chi connectivity index (χ1n) is 9.54. The molecule has 0 aromatic heterocycles. The molecule has 1 heterocycles. The fourth-order valence-corrected chi connectivity index (χ4v) is 2.94. The quantitative estimate of drug-likeness (QED) is 0.615. The average Bonchev–Trinajstić information content (AvgIpc) is 3.03. The van der Waals surface area contributed by atoms with Gasteiger partial charge >= 0.3 is 0 Å². The van der Waals surface area contributed by atoms with Crippen molar-refractivity contribution in [2.75, 3.05) is 36.5 Å². The summed E-state index contributed by atoms with van der Waals surface area (Å²) in [6, 6.07) is 7.04. The van der Waals surface area contributed by atoms with Gasteiger partial charge < -0.3 is 20.3 Å².